The summed E-state index contributed by atoms with van der Waals surface area (Å²) in [6, 6.07) is 11.5. The molecule has 2 heteroatoms. The quantitative estimate of drug-likeness (QED) is 0.900. The van der Waals surface area contributed by atoms with E-state index in [2.05, 4.69) is 75.2 Å². The minimum atomic E-state index is 0.0662. The van der Waals surface area contributed by atoms with Crippen LogP contribution in [-0.4, -0.2) is 30.6 Å². The van der Waals surface area contributed by atoms with E-state index >= 15 is 0 Å². The van der Waals surface area contributed by atoms with Crippen molar-refractivity contribution in [3.05, 3.63) is 35.9 Å². The molecule has 1 aliphatic heterocycles. The number of hydrogen-bond acceptors (Lipinski definition) is 2. The minimum absolute atomic E-state index is 0.0662. The van der Waals surface area contributed by atoms with Crippen LogP contribution in [0.3, 0.4) is 0 Å². The van der Waals surface area contributed by atoms with Gasteiger partial charge in [-0.15, -0.1) is 0 Å². The maximum atomic E-state index is 3.83. The molecule has 0 saturated carbocycles. The molecular formula is C19H32N2. The number of rotatable bonds is 4. The van der Waals surface area contributed by atoms with Gasteiger partial charge in [-0.05, 0) is 30.9 Å². The molecule has 0 aliphatic carbocycles. The van der Waals surface area contributed by atoms with Gasteiger partial charge in [-0.1, -0.05) is 64.4 Å². The molecule has 0 spiro atoms. The van der Waals surface area contributed by atoms with Crippen molar-refractivity contribution >= 4 is 0 Å². The highest BCUT2D eigenvalue weighted by Gasteiger charge is 2.40. The molecule has 2 rings (SSSR count). The van der Waals surface area contributed by atoms with E-state index in [0.29, 0.717) is 11.5 Å². The number of nitrogens with one attached hydrogen (secondary N) is 1. The number of piperazine rings is 1. The van der Waals surface area contributed by atoms with E-state index in [-0.39, 0.29) is 5.54 Å². The van der Waals surface area contributed by atoms with Crippen molar-refractivity contribution in [2.75, 3.05) is 19.6 Å². The number of nitrogens with zero attached hydrogens (tertiary/aromatic N) is 1. The fraction of sp³-hybridized carbons (Fsp3) is 0.684. The number of unbranched alkanes of at least 4 members (excludes halogenated alkanes) is 1. The lowest BCUT2D eigenvalue weighted by Gasteiger charge is -2.51. The van der Waals surface area contributed by atoms with Crippen LogP contribution < -0.4 is 5.32 Å². The van der Waals surface area contributed by atoms with Crippen LogP contribution in [-0.2, 0) is 5.54 Å². The summed E-state index contributed by atoms with van der Waals surface area (Å²) in [7, 11) is 0. The molecule has 2 nitrogen and oxygen atoms in total. The molecule has 2 atom stereocenters. The Kier molecular flexibility index (Phi) is 5.11. The van der Waals surface area contributed by atoms with Gasteiger partial charge in [0.15, 0.2) is 0 Å². The van der Waals surface area contributed by atoms with Gasteiger partial charge in [0.1, 0.15) is 0 Å². The van der Waals surface area contributed by atoms with E-state index in [4.69, 9.17) is 0 Å². The summed E-state index contributed by atoms with van der Waals surface area (Å²) in [4.78, 5) is 2.72. The van der Waals surface area contributed by atoms with Crippen molar-refractivity contribution in [2.24, 2.45) is 5.41 Å². The second-order valence-electron chi connectivity index (χ2n) is 7.78. The highest BCUT2D eigenvalue weighted by molar-refractivity contribution is 5.25. The normalized spacial score (nSPS) is 27.8. The largest absolute Gasteiger partial charge is 0.305 e. The first-order chi connectivity index (χ1) is 9.87. The maximum Gasteiger partial charge on any atom is 0.0535 e. The molecule has 0 amide bonds. The monoisotopic (exact) mass is 288 g/mol. The Hall–Kier alpha value is -0.860. The Labute approximate surface area is 130 Å². The van der Waals surface area contributed by atoms with Gasteiger partial charge in [0.05, 0.1) is 5.54 Å². The van der Waals surface area contributed by atoms with Crippen molar-refractivity contribution in [3.63, 3.8) is 0 Å². The summed E-state index contributed by atoms with van der Waals surface area (Å²) >= 11 is 0. The van der Waals surface area contributed by atoms with Crippen LogP contribution in [0.25, 0.3) is 0 Å². The average Bonchev–Trinajstić information content (AvgIpc) is 2.45. The van der Waals surface area contributed by atoms with Crippen LogP contribution in [0.15, 0.2) is 30.3 Å². The second-order valence-corrected chi connectivity index (χ2v) is 7.78. The first-order valence-electron chi connectivity index (χ1n) is 8.41. The van der Waals surface area contributed by atoms with Crippen LogP contribution in [0.5, 0.6) is 0 Å². The van der Waals surface area contributed by atoms with Crippen LogP contribution in [0, 0.1) is 5.41 Å². The number of hydrogen-bond donors (Lipinski definition) is 1. The fourth-order valence-corrected chi connectivity index (χ4v) is 3.47. The molecule has 1 aromatic carbocycles. The van der Waals surface area contributed by atoms with E-state index in [0.717, 1.165) is 13.1 Å². The van der Waals surface area contributed by atoms with E-state index in [9.17, 15) is 0 Å². The molecule has 0 bridgehead atoms. The van der Waals surface area contributed by atoms with Crippen molar-refractivity contribution in [1.29, 1.82) is 0 Å². The van der Waals surface area contributed by atoms with Gasteiger partial charge >= 0.3 is 0 Å². The smallest absolute Gasteiger partial charge is 0.0535 e. The average molecular weight is 288 g/mol. The van der Waals surface area contributed by atoms with Crippen LogP contribution in [0.4, 0.5) is 0 Å². The second kappa shape index (κ2) is 6.50. The zero-order valence-electron chi connectivity index (χ0n) is 14.4. The van der Waals surface area contributed by atoms with Crippen LogP contribution in [0.2, 0.25) is 0 Å². The maximum absolute atomic E-state index is 3.83. The van der Waals surface area contributed by atoms with Crippen molar-refractivity contribution in [1.82, 2.24) is 10.2 Å². The lowest BCUT2D eigenvalue weighted by atomic mass is 9.80. The molecule has 1 fully saturated rings. The van der Waals surface area contributed by atoms with Gasteiger partial charge < -0.3 is 5.32 Å². The Morgan fingerprint density at radius 1 is 1.24 bits per heavy atom. The molecule has 118 valence electrons. The Balaban J connectivity index is 2.19. The highest BCUT2D eigenvalue weighted by Crippen LogP contribution is 2.33. The van der Waals surface area contributed by atoms with Crippen LogP contribution >= 0.6 is 0 Å². The predicted octanol–water partition coefficient (Wildman–Crippen LogP) is 4.02. The van der Waals surface area contributed by atoms with E-state index in [1.54, 1.807) is 0 Å². The summed E-state index contributed by atoms with van der Waals surface area (Å²) in [5.74, 6) is 0. The van der Waals surface area contributed by atoms with Crippen LogP contribution in [0.1, 0.15) is 53.0 Å². The van der Waals surface area contributed by atoms with Gasteiger partial charge in [-0.3, -0.25) is 4.90 Å². The SMILES string of the molecule is CCCCN1CC(C)(c2ccccc2)NCC1C(C)(C)C. The third-order valence-corrected chi connectivity index (χ3v) is 4.86. The first kappa shape index (κ1) is 16.5. The van der Waals surface area contributed by atoms with Gasteiger partial charge in [-0.25, -0.2) is 0 Å². The topological polar surface area (TPSA) is 15.3 Å². The summed E-state index contributed by atoms with van der Waals surface area (Å²) < 4.78 is 0. The third-order valence-electron chi connectivity index (χ3n) is 4.86. The molecule has 21 heavy (non-hydrogen) atoms. The number of benzene rings is 1. The summed E-state index contributed by atoms with van der Waals surface area (Å²) in [6.07, 6.45) is 2.56. The molecule has 2 unspecified atom stereocenters. The molecule has 1 N–H and O–H groups in total. The van der Waals surface area contributed by atoms with E-state index in [1.807, 2.05) is 0 Å². The Bertz CT molecular complexity index is 435. The van der Waals surface area contributed by atoms with Gasteiger partial charge in [0, 0.05) is 19.1 Å². The molecule has 0 aromatic heterocycles. The van der Waals surface area contributed by atoms with Crippen molar-refractivity contribution in [2.45, 2.75) is 59.0 Å². The lowest BCUT2D eigenvalue weighted by Crippen LogP contribution is -2.64. The molecule has 0 radical (unpaired) electrons. The predicted molar refractivity (Wildman–Crippen MR) is 91.5 cm³/mol. The highest BCUT2D eigenvalue weighted by atomic mass is 15.3. The van der Waals surface area contributed by atoms with Gasteiger partial charge in [-0.2, -0.15) is 0 Å². The Morgan fingerprint density at radius 2 is 1.90 bits per heavy atom. The first-order valence-corrected chi connectivity index (χ1v) is 8.41. The fourth-order valence-electron chi connectivity index (χ4n) is 3.47. The van der Waals surface area contributed by atoms with Gasteiger partial charge in [0.2, 0.25) is 0 Å². The zero-order valence-corrected chi connectivity index (χ0v) is 14.4. The molecular weight excluding hydrogens is 256 g/mol. The summed E-state index contributed by atoms with van der Waals surface area (Å²) in [6.45, 7) is 15.1. The molecule has 1 heterocycles. The zero-order chi connectivity index (χ0) is 15.5. The van der Waals surface area contributed by atoms with E-state index < -0.39 is 0 Å². The summed E-state index contributed by atoms with van der Waals surface area (Å²) in [5.41, 5.74) is 1.79. The Morgan fingerprint density at radius 3 is 2.48 bits per heavy atom. The standard InChI is InChI=1S/C19H32N2/c1-6-7-13-21-15-19(5,16-11-9-8-10-12-16)20-14-17(21)18(2,3)4/h8-12,17,20H,6-7,13-15H2,1-5H3. The third kappa shape index (κ3) is 3.87. The molecule has 1 saturated heterocycles. The molecule has 1 aromatic rings. The summed E-state index contributed by atoms with van der Waals surface area (Å²) in [5, 5.41) is 3.83. The minimum Gasteiger partial charge on any atom is -0.305 e. The van der Waals surface area contributed by atoms with Crippen molar-refractivity contribution in [3.8, 4) is 0 Å². The lowest BCUT2D eigenvalue weighted by molar-refractivity contribution is 0.0255. The van der Waals surface area contributed by atoms with Gasteiger partial charge in [0.25, 0.3) is 0 Å². The van der Waals surface area contributed by atoms with Crippen molar-refractivity contribution < 1.29 is 0 Å². The van der Waals surface area contributed by atoms with E-state index in [1.165, 1.54) is 24.9 Å². The molecule has 1 aliphatic rings.